The SMILES string of the molecule is C=C(CCNC(=O)C1=NO[C@@H](c2ccccc2)C1)c1nnc([C@H]2C[C@@H](OC(F)(F)F)C2)o1. The fourth-order valence-electron chi connectivity index (χ4n) is 3.49. The quantitative estimate of drug-likeness (QED) is 0.655. The van der Waals surface area contributed by atoms with E-state index in [-0.39, 0.29) is 49.1 Å². The highest BCUT2D eigenvalue weighted by Crippen LogP contribution is 2.41. The van der Waals surface area contributed by atoms with Gasteiger partial charge in [0.1, 0.15) is 5.71 Å². The van der Waals surface area contributed by atoms with Crippen LogP contribution in [0.4, 0.5) is 13.2 Å². The van der Waals surface area contributed by atoms with Gasteiger partial charge in [0, 0.05) is 24.5 Å². The lowest BCUT2D eigenvalue weighted by atomic mass is 9.82. The predicted octanol–water partition coefficient (Wildman–Crippen LogP) is 3.89. The maximum Gasteiger partial charge on any atom is 0.522 e. The zero-order chi connectivity index (χ0) is 22.7. The number of nitrogens with zero attached hydrogens (tertiary/aromatic N) is 3. The Balaban J connectivity index is 1.19. The van der Waals surface area contributed by atoms with Crippen molar-refractivity contribution < 1.29 is 32.0 Å². The van der Waals surface area contributed by atoms with Gasteiger partial charge in [-0.25, -0.2) is 0 Å². The Morgan fingerprint density at radius 3 is 2.69 bits per heavy atom. The highest BCUT2D eigenvalue weighted by Gasteiger charge is 2.42. The maximum absolute atomic E-state index is 12.3. The molecule has 0 unspecified atom stereocenters. The number of hydrogen-bond donors (Lipinski definition) is 1. The number of benzene rings is 1. The number of nitrogens with one attached hydrogen (secondary N) is 1. The van der Waals surface area contributed by atoms with Gasteiger partial charge in [0.25, 0.3) is 5.91 Å². The molecule has 0 radical (unpaired) electrons. The highest BCUT2D eigenvalue weighted by atomic mass is 19.4. The van der Waals surface area contributed by atoms with Gasteiger partial charge in [-0.1, -0.05) is 42.1 Å². The monoisotopic (exact) mass is 450 g/mol. The van der Waals surface area contributed by atoms with Crippen molar-refractivity contribution in [2.24, 2.45) is 5.16 Å². The van der Waals surface area contributed by atoms with Gasteiger partial charge in [0.05, 0.1) is 6.10 Å². The first kappa shape index (κ1) is 22.0. The van der Waals surface area contributed by atoms with E-state index in [1.807, 2.05) is 30.3 Å². The molecule has 2 heterocycles. The molecule has 1 amide bonds. The minimum absolute atomic E-state index is 0.165. The summed E-state index contributed by atoms with van der Waals surface area (Å²) in [5.41, 5.74) is 1.77. The van der Waals surface area contributed by atoms with Gasteiger partial charge in [-0.3, -0.25) is 9.53 Å². The van der Waals surface area contributed by atoms with Gasteiger partial charge in [0.2, 0.25) is 11.8 Å². The van der Waals surface area contributed by atoms with Crippen LogP contribution in [-0.2, 0) is 14.4 Å². The summed E-state index contributed by atoms with van der Waals surface area (Å²) in [7, 11) is 0. The summed E-state index contributed by atoms with van der Waals surface area (Å²) in [4.78, 5) is 17.7. The average Bonchev–Trinajstić information content (AvgIpc) is 3.40. The average molecular weight is 450 g/mol. The molecular formula is C21H21F3N4O4. The van der Waals surface area contributed by atoms with Crippen molar-refractivity contribution in [2.45, 2.75) is 50.2 Å². The Bertz CT molecular complexity index is 1000. The summed E-state index contributed by atoms with van der Waals surface area (Å²) < 4.78 is 46.1. The third kappa shape index (κ3) is 5.34. The summed E-state index contributed by atoms with van der Waals surface area (Å²) >= 11 is 0. The molecule has 32 heavy (non-hydrogen) atoms. The van der Waals surface area contributed by atoms with Crippen LogP contribution in [0.15, 0.2) is 46.5 Å². The fourth-order valence-corrected chi connectivity index (χ4v) is 3.49. The van der Waals surface area contributed by atoms with Crippen molar-refractivity contribution in [1.82, 2.24) is 15.5 Å². The Morgan fingerprint density at radius 1 is 1.22 bits per heavy atom. The van der Waals surface area contributed by atoms with E-state index in [0.29, 0.717) is 24.1 Å². The van der Waals surface area contributed by atoms with Gasteiger partial charge in [-0.15, -0.1) is 23.4 Å². The molecule has 1 atom stereocenters. The molecule has 11 heteroatoms. The van der Waals surface area contributed by atoms with Gasteiger partial charge in [-0.2, -0.15) is 0 Å². The van der Waals surface area contributed by atoms with E-state index in [0.717, 1.165) is 5.56 Å². The zero-order valence-corrected chi connectivity index (χ0v) is 17.0. The second-order valence-electron chi connectivity index (χ2n) is 7.66. The lowest BCUT2D eigenvalue weighted by Crippen LogP contribution is -2.34. The van der Waals surface area contributed by atoms with Gasteiger partial charge in [-0.05, 0) is 24.8 Å². The Labute approximate surface area is 181 Å². The molecule has 1 aliphatic carbocycles. The first-order valence-electron chi connectivity index (χ1n) is 10.1. The van der Waals surface area contributed by atoms with Crippen LogP contribution in [0.5, 0.6) is 0 Å². The number of amides is 1. The second kappa shape index (κ2) is 9.11. The summed E-state index contributed by atoms with van der Waals surface area (Å²) in [6, 6.07) is 9.51. The molecule has 1 aromatic heterocycles. The number of oxime groups is 1. The number of hydrogen-bond acceptors (Lipinski definition) is 7. The minimum atomic E-state index is -4.65. The lowest BCUT2D eigenvalue weighted by Gasteiger charge is -2.32. The third-order valence-corrected chi connectivity index (χ3v) is 5.30. The largest absolute Gasteiger partial charge is 0.522 e. The van der Waals surface area contributed by atoms with Gasteiger partial charge < -0.3 is 14.6 Å². The summed E-state index contributed by atoms with van der Waals surface area (Å²) in [5.74, 6) is -0.140. The number of rotatable bonds is 8. The molecule has 1 aliphatic heterocycles. The standard InChI is InChI=1S/C21H21F3N4O4/c1-12(19-26-27-20(30-19)14-9-15(10-14)31-21(22,23)24)7-8-25-18(29)16-11-17(32-28-16)13-5-3-2-4-6-13/h2-6,14-15,17H,1,7-11H2,(H,25,29)/t14-,15+,17-/m1/s1. The molecule has 0 bridgehead atoms. The van der Waals surface area contributed by atoms with Crippen molar-refractivity contribution >= 4 is 17.2 Å². The van der Waals surface area contributed by atoms with Crippen molar-refractivity contribution in [3.63, 3.8) is 0 Å². The number of aromatic nitrogens is 2. The molecule has 1 saturated carbocycles. The smallest absolute Gasteiger partial charge is 0.421 e. The molecule has 2 aliphatic rings. The van der Waals surface area contributed by atoms with Crippen molar-refractivity contribution in [1.29, 1.82) is 0 Å². The van der Waals surface area contributed by atoms with Crippen molar-refractivity contribution in [3.05, 3.63) is 54.3 Å². The number of carbonyl (C=O) groups is 1. The number of halogens is 3. The Kier molecular flexibility index (Phi) is 6.26. The first-order valence-corrected chi connectivity index (χ1v) is 10.1. The molecule has 2 aromatic rings. The molecule has 0 spiro atoms. The van der Waals surface area contributed by atoms with E-state index in [2.05, 4.69) is 32.0 Å². The molecule has 1 N–H and O–H groups in total. The van der Waals surface area contributed by atoms with Crippen LogP contribution in [0.2, 0.25) is 0 Å². The van der Waals surface area contributed by atoms with E-state index >= 15 is 0 Å². The van der Waals surface area contributed by atoms with E-state index in [4.69, 9.17) is 9.25 Å². The van der Waals surface area contributed by atoms with Crippen LogP contribution in [0.25, 0.3) is 5.57 Å². The number of ether oxygens (including phenoxy) is 1. The summed E-state index contributed by atoms with van der Waals surface area (Å²) in [6.45, 7) is 4.15. The van der Waals surface area contributed by atoms with Crippen LogP contribution >= 0.6 is 0 Å². The predicted molar refractivity (Wildman–Crippen MR) is 106 cm³/mol. The normalized spacial score (nSPS) is 22.6. The molecule has 1 fully saturated rings. The van der Waals surface area contributed by atoms with Crippen LogP contribution in [-0.4, -0.2) is 40.8 Å². The molecule has 170 valence electrons. The fraction of sp³-hybridized carbons (Fsp3) is 0.429. The van der Waals surface area contributed by atoms with Crippen LogP contribution < -0.4 is 5.32 Å². The van der Waals surface area contributed by atoms with Gasteiger partial charge >= 0.3 is 6.36 Å². The second-order valence-corrected chi connectivity index (χ2v) is 7.66. The van der Waals surface area contributed by atoms with Crippen molar-refractivity contribution in [3.8, 4) is 0 Å². The van der Waals surface area contributed by atoms with E-state index in [9.17, 15) is 18.0 Å². The molecule has 8 nitrogen and oxygen atoms in total. The van der Waals surface area contributed by atoms with Crippen LogP contribution in [0.1, 0.15) is 55.1 Å². The number of alkyl halides is 3. The van der Waals surface area contributed by atoms with E-state index in [1.165, 1.54) is 0 Å². The topological polar surface area (TPSA) is 98.8 Å². The molecule has 0 saturated heterocycles. The van der Waals surface area contributed by atoms with Crippen LogP contribution in [0.3, 0.4) is 0 Å². The van der Waals surface area contributed by atoms with E-state index < -0.39 is 12.5 Å². The Morgan fingerprint density at radius 2 is 1.97 bits per heavy atom. The summed E-state index contributed by atoms with van der Waals surface area (Å²) in [5, 5.41) is 14.4. The molecule has 1 aromatic carbocycles. The zero-order valence-electron chi connectivity index (χ0n) is 17.0. The Hall–Kier alpha value is -3.21. The first-order chi connectivity index (χ1) is 15.3. The van der Waals surface area contributed by atoms with Crippen molar-refractivity contribution in [2.75, 3.05) is 6.54 Å². The number of carbonyl (C=O) groups excluding carboxylic acids is 1. The van der Waals surface area contributed by atoms with Crippen LogP contribution in [0, 0.1) is 0 Å². The summed E-state index contributed by atoms with van der Waals surface area (Å²) in [6.07, 6.45) is -4.75. The van der Waals surface area contributed by atoms with Gasteiger partial charge in [0.15, 0.2) is 6.10 Å². The maximum atomic E-state index is 12.3. The third-order valence-electron chi connectivity index (χ3n) is 5.30. The highest BCUT2D eigenvalue weighted by molar-refractivity contribution is 6.39. The van der Waals surface area contributed by atoms with E-state index in [1.54, 1.807) is 0 Å². The lowest BCUT2D eigenvalue weighted by molar-refractivity contribution is -0.352. The molecule has 4 rings (SSSR count). The minimum Gasteiger partial charge on any atom is -0.421 e. The molecular weight excluding hydrogens is 429 g/mol.